The minimum atomic E-state index is -0.302. The SMILES string of the molecule is O=C(CSc1nnc(-c2ccccc2F)n1C1CC1)c1ccc2c(c1)CCCC2. The second-order valence-electron chi connectivity index (χ2n) is 7.79. The predicted octanol–water partition coefficient (Wildman–Crippen LogP) is 5.27. The second-order valence-corrected chi connectivity index (χ2v) is 8.73. The zero-order chi connectivity index (χ0) is 19.8. The van der Waals surface area contributed by atoms with Crippen LogP contribution in [0.1, 0.15) is 53.2 Å². The average molecular weight is 408 g/mol. The Morgan fingerprint density at radius 2 is 1.86 bits per heavy atom. The molecule has 0 aliphatic heterocycles. The molecule has 6 heteroatoms. The lowest BCUT2D eigenvalue weighted by molar-refractivity contribution is 0.102. The molecular weight excluding hydrogens is 385 g/mol. The van der Waals surface area contributed by atoms with Crippen molar-refractivity contribution in [1.29, 1.82) is 0 Å². The van der Waals surface area contributed by atoms with Crippen molar-refractivity contribution in [1.82, 2.24) is 14.8 Å². The number of nitrogens with zero attached hydrogens (tertiary/aromatic N) is 3. The number of hydrogen-bond donors (Lipinski definition) is 0. The van der Waals surface area contributed by atoms with E-state index in [0.29, 0.717) is 28.3 Å². The van der Waals surface area contributed by atoms with Gasteiger partial charge >= 0.3 is 0 Å². The molecule has 0 unspecified atom stereocenters. The minimum absolute atomic E-state index is 0.0983. The van der Waals surface area contributed by atoms with Gasteiger partial charge in [0, 0.05) is 11.6 Å². The van der Waals surface area contributed by atoms with E-state index in [0.717, 1.165) is 31.2 Å². The van der Waals surface area contributed by atoms with Gasteiger partial charge in [-0.25, -0.2) is 4.39 Å². The van der Waals surface area contributed by atoms with Crippen molar-refractivity contribution in [3.05, 3.63) is 65.0 Å². The standard InChI is InChI=1S/C23H22FN3OS/c24-20-8-4-3-7-19(20)22-25-26-23(27(22)18-11-12-18)29-14-21(28)17-10-9-15-5-1-2-6-16(15)13-17/h3-4,7-10,13,18H,1-2,5-6,11-12,14H2. The van der Waals surface area contributed by atoms with Crippen LogP contribution in [0.15, 0.2) is 47.6 Å². The van der Waals surface area contributed by atoms with Crippen LogP contribution in [0.3, 0.4) is 0 Å². The number of rotatable bonds is 6. The molecule has 3 aromatic rings. The van der Waals surface area contributed by atoms with Crippen LogP contribution in [-0.2, 0) is 12.8 Å². The Kier molecular flexibility index (Phi) is 4.96. The average Bonchev–Trinajstić information content (AvgIpc) is 3.51. The highest BCUT2D eigenvalue weighted by molar-refractivity contribution is 7.99. The molecule has 2 aromatic carbocycles. The number of halogens is 1. The summed E-state index contributed by atoms with van der Waals surface area (Å²) in [7, 11) is 0. The number of Topliss-reactive ketones (excluding diaryl/α,β-unsaturated/α-hetero) is 1. The second kappa shape index (κ2) is 7.75. The Balaban J connectivity index is 1.36. The van der Waals surface area contributed by atoms with Crippen molar-refractivity contribution < 1.29 is 9.18 Å². The summed E-state index contributed by atoms with van der Waals surface area (Å²) in [5.41, 5.74) is 3.92. The zero-order valence-electron chi connectivity index (χ0n) is 16.1. The molecule has 1 saturated carbocycles. The van der Waals surface area contributed by atoms with E-state index in [-0.39, 0.29) is 11.6 Å². The van der Waals surface area contributed by atoms with Gasteiger partial charge in [-0.2, -0.15) is 0 Å². The molecule has 1 aromatic heterocycles. The fourth-order valence-electron chi connectivity index (χ4n) is 3.98. The van der Waals surface area contributed by atoms with Gasteiger partial charge in [0.25, 0.3) is 0 Å². The van der Waals surface area contributed by atoms with E-state index in [1.807, 2.05) is 10.6 Å². The molecule has 0 amide bonds. The Morgan fingerprint density at radius 1 is 1.07 bits per heavy atom. The smallest absolute Gasteiger partial charge is 0.192 e. The van der Waals surface area contributed by atoms with Gasteiger partial charge < -0.3 is 0 Å². The van der Waals surface area contributed by atoms with Crippen LogP contribution in [0.25, 0.3) is 11.4 Å². The summed E-state index contributed by atoms with van der Waals surface area (Å²) in [5.74, 6) is 0.653. The van der Waals surface area contributed by atoms with Gasteiger partial charge in [-0.15, -0.1) is 10.2 Å². The van der Waals surface area contributed by atoms with Gasteiger partial charge in [-0.3, -0.25) is 9.36 Å². The number of aryl methyl sites for hydroxylation is 2. The normalized spacial score (nSPS) is 15.9. The van der Waals surface area contributed by atoms with Gasteiger partial charge in [0.05, 0.1) is 11.3 Å². The van der Waals surface area contributed by atoms with E-state index < -0.39 is 0 Å². The fraction of sp³-hybridized carbons (Fsp3) is 0.348. The minimum Gasteiger partial charge on any atom is -0.299 e. The largest absolute Gasteiger partial charge is 0.299 e. The van der Waals surface area contributed by atoms with E-state index in [2.05, 4.69) is 22.3 Å². The number of thioether (sulfide) groups is 1. The summed E-state index contributed by atoms with van der Waals surface area (Å²) in [6.45, 7) is 0. The van der Waals surface area contributed by atoms with Crippen LogP contribution in [0.5, 0.6) is 0 Å². The number of ketones is 1. The highest BCUT2D eigenvalue weighted by Crippen LogP contribution is 2.41. The van der Waals surface area contributed by atoms with Crippen molar-refractivity contribution in [2.75, 3.05) is 5.75 Å². The quantitative estimate of drug-likeness (QED) is 0.412. The molecule has 2 aliphatic carbocycles. The summed E-state index contributed by atoms with van der Waals surface area (Å²) in [5, 5.41) is 9.24. The first-order valence-electron chi connectivity index (χ1n) is 10.2. The van der Waals surface area contributed by atoms with Crippen LogP contribution in [-0.4, -0.2) is 26.3 Å². The van der Waals surface area contributed by atoms with Crippen molar-refractivity contribution >= 4 is 17.5 Å². The van der Waals surface area contributed by atoms with Gasteiger partial charge in [-0.1, -0.05) is 36.0 Å². The summed E-state index contributed by atoms with van der Waals surface area (Å²) in [4.78, 5) is 12.8. The lowest BCUT2D eigenvalue weighted by Crippen LogP contribution is -2.08. The molecule has 0 radical (unpaired) electrons. The van der Waals surface area contributed by atoms with Gasteiger partial charge in [0.2, 0.25) is 0 Å². The van der Waals surface area contributed by atoms with Gasteiger partial charge in [0.15, 0.2) is 16.8 Å². The van der Waals surface area contributed by atoms with Crippen LogP contribution < -0.4 is 0 Å². The topological polar surface area (TPSA) is 47.8 Å². The van der Waals surface area contributed by atoms with E-state index >= 15 is 0 Å². The van der Waals surface area contributed by atoms with Crippen LogP contribution in [0.2, 0.25) is 0 Å². The number of hydrogen-bond acceptors (Lipinski definition) is 4. The number of fused-ring (bicyclic) bond motifs is 1. The fourth-order valence-corrected chi connectivity index (χ4v) is 4.88. The van der Waals surface area contributed by atoms with E-state index in [1.165, 1.54) is 41.8 Å². The van der Waals surface area contributed by atoms with E-state index in [9.17, 15) is 9.18 Å². The Hall–Kier alpha value is -2.47. The lowest BCUT2D eigenvalue weighted by Gasteiger charge is -2.16. The first-order chi connectivity index (χ1) is 14.2. The third-order valence-electron chi connectivity index (χ3n) is 5.69. The third kappa shape index (κ3) is 3.73. The molecule has 5 rings (SSSR count). The van der Waals surface area contributed by atoms with Crippen LogP contribution in [0.4, 0.5) is 4.39 Å². The van der Waals surface area contributed by atoms with Crippen molar-refractivity contribution in [2.45, 2.75) is 49.7 Å². The third-order valence-corrected chi connectivity index (χ3v) is 6.64. The molecular formula is C23H22FN3OS. The molecule has 0 atom stereocenters. The highest BCUT2D eigenvalue weighted by Gasteiger charge is 2.31. The van der Waals surface area contributed by atoms with Gasteiger partial charge in [-0.05, 0) is 67.9 Å². The number of benzene rings is 2. The van der Waals surface area contributed by atoms with Crippen LogP contribution in [0, 0.1) is 5.82 Å². The van der Waals surface area contributed by atoms with Crippen molar-refractivity contribution in [3.63, 3.8) is 0 Å². The maximum absolute atomic E-state index is 14.3. The van der Waals surface area contributed by atoms with Crippen molar-refractivity contribution in [2.24, 2.45) is 0 Å². The summed E-state index contributed by atoms with van der Waals surface area (Å²) < 4.78 is 16.3. The molecule has 0 bridgehead atoms. The van der Waals surface area contributed by atoms with E-state index in [4.69, 9.17) is 0 Å². The lowest BCUT2D eigenvalue weighted by atomic mass is 9.90. The van der Waals surface area contributed by atoms with E-state index in [1.54, 1.807) is 18.2 Å². The summed E-state index contributed by atoms with van der Waals surface area (Å²) >= 11 is 1.39. The first-order valence-corrected chi connectivity index (χ1v) is 11.2. The molecule has 148 valence electrons. The summed E-state index contributed by atoms with van der Waals surface area (Å²) in [6, 6.07) is 13.0. The Morgan fingerprint density at radius 3 is 2.66 bits per heavy atom. The first kappa shape index (κ1) is 18.6. The molecule has 29 heavy (non-hydrogen) atoms. The van der Waals surface area contributed by atoms with Crippen molar-refractivity contribution in [3.8, 4) is 11.4 Å². The molecule has 0 N–H and O–H groups in total. The molecule has 1 heterocycles. The Labute approximate surface area is 173 Å². The van der Waals surface area contributed by atoms with Crippen LogP contribution >= 0.6 is 11.8 Å². The molecule has 0 spiro atoms. The molecule has 4 nitrogen and oxygen atoms in total. The van der Waals surface area contributed by atoms with Gasteiger partial charge in [0.1, 0.15) is 5.82 Å². The monoisotopic (exact) mass is 407 g/mol. The maximum Gasteiger partial charge on any atom is 0.192 e. The zero-order valence-corrected chi connectivity index (χ0v) is 16.9. The Bertz CT molecular complexity index is 1070. The molecule has 0 saturated heterocycles. The number of aromatic nitrogens is 3. The highest BCUT2D eigenvalue weighted by atomic mass is 32.2. The molecule has 1 fully saturated rings. The maximum atomic E-state index is 14.3. The predicted molar refractivity (Wildman–Crippen MR) is 112 cm³/mol. The summed E-state index contributed by atoms with van der Waals surface area (Å²) in [6.07, 6.45) is 6.67. The number of carbonyl (C=O) groups is 1. The molecule has 2 aliphatic rings. The number of carbonyl (C=O) groups excluding carboxylic acids is 1.